The number of fused-ring (bicyclic) bond motifs is 5. The molecule has 3 saturated carbocycles. The van der Waals surface area contributed by atoms with Crippen LogP contribution in [0.25, 0.3) is 0 Å². The summed E-state index contributed by atoms with van der Waals surface area (Å²) in [5, 5.41) is 14.9. The van der Waals surface area contributed by atoms with Gasteiger partial charge in [0.05, 0.1) is 19.3 Å². The smallest absolute Gasteiger partial charge is 0.222 e. The van der Waals surface area contributed by atoms with Crippen molar-refractivity contribution in [1.29, 1.82) is 0 Å². The fourth-order valence-electron chi connectivity index (χ4n) is 8.91. The highest BCUT2D eigenvalue weighted by Crippen LogP contribution is 2.66. The van der Waals surface area contributed by atoms with Gasteiger partial charge < -0.3 is 20.1 Å². The van der Waals surface area contributed by atoms with E-state index in [1.54, 1.807) is 0 Å². The number of nitrogens with zero attached hydrogens (tertiary/aromatic N) is 1. The molecular formula is C26H44N2O3. The summed E-state index contributed by atoms with van der Waals surface area (Å²) in [6.07, 6.45) is 10.3. The fourth-order valence-corrected chi connectivity index (χ4v) is 8.91. The van der Waals surface area contributed by atoms with Crippen LogP contribution >= 0.6 is 0 Å². The molecule has 5 fully saturated rings. The number of rotatable bonds is 4. The summed E-state index contributed by atoms with van der Waals surface area (Å²) in [5.74, 6) is 3.56. The first-order valence-electron chi connectivity index (χ1n) is 13.2. The van der Waals surface area contributed by atoms with E-state index in [2.05, 4.69) is 19.2 Å². The van der Waals surface area contributed by atoms with Crippen LogP contribution in [0.4, 0.5) is 0 Å². The molecule has 5 heteroatoms. The van der Waals surface area contributed by atoms with Crippen molar-refractivity contribution in [3.05, 3.63) is 0 Å². The van der Waals surface area contributed by atoms with Gasteiger partial charge in [-0.05, 0) is 105 Å². The van der Waals surface area contributed by atoms with E-state index in [1.165, 1.54) is 38.5 Å². The van der Waals surface area contributed by atoms with Crippen LogP contribution in [0.5, 0.6) is 0 Å². The number of morpholine rings is 1. The third-order valence-electron chi connectivity index (χ3n) is 10.8. The SMILES string of the molecule is CC12CCC3C(C(O)CC4CNCCC43C)C1CCC2CCCC(=O)N1CCOCC1. The lowest BCUT2D eigenvalue weighted by Crippen LogP contribution is -2.60. The van der Waals surface area contributed by atoms with Crippen molar-refractivity contribution in [3.8, 4) is 0 Å². The lowest BCUT2D eigenvalue weighted by molar-refractivity contribution is -0.159. The number of amides is 1. The van der Waals surface area contributed by atoms with Crippen LogP contribution in [0.3, 0.4) is 0 Å². The number of ether oxygens (including phenoxy) is 1. The Morgan fingerprint density at radius 2 is 1.87 bits per heavy atom. The Hall–Kier alpha value is -0.650. The van der Waals surface area contributed by atoms with Gasteiger partial charge in [0, 0.05) is 19.5 Å². The summed E-state index contributed by atoms with van der Waals surface area (Å²) >= 11 is 0. The zero-order valence-corrected chi connectivity index (χ0v) is 19.8. The van der Waals surface area contributed by atoms with E-state index in [1.807, 2.05) is 4.90 Å². The molecule has 2 heterocycles. The second kappa shape index (κ2) is 8.61. The highest BCUT2D eigenvalue weighted by Gasteiger charge is 2.61. The van der Waals surface area contributed by atoms with Crippen molar-refractivity contribution in [1.82, 2.24) is 10.2 Å². The molecule has 0 aromatic heterocycles. The molecule has 0 aromatic carbocycles. The third kappa shape index (κ3) is 3.77. The molecule has 176 valence electrons. The van der Waals surface area contributed by atoms with E-state index in [4.69, 9.17) is 4.74 Å². The molecule has 0 spiro atoms. The highest BCUT2D eigenvalue weighted by atomic mass is 16.5. The first kappa shape index (κ1) is 22.2. The van der Waals surface area contributed by atoms with E-state index >= 15 is 0 Å². The molecule has 2 N–H and O–H groups in total. The largest absolute Gasteiger partial charge is 0.393 e. The topological polar surface area (TPSA) is 61.8 Å². The molecule has 0 radical (unpaired) electrons. The lowest BCUT2D eigenvalue weighted by atomic mass is 9.45. The van der Waals surface area contributed by atoms with Gasteiger partial charge in [0.2, 0.25) is 5.91 Å². The zero-order chi connectivity index (χ0) is 21.6. The van der Waals surface area contributed by atoms with Crippen molar-refractivity contribution in [3.63, 3.8) is 0 Å². The lowest BCUT2D eigenvalue weighted by Gasteiger charge is -2.62. The van der Waals surface area contributed by atoms with E-state index in [-0.39, 0.29) is 6.10 Å². The van der Waals surface area contributed by atoms with Crippen molar-refractivity contribution in [2.24, 2.45) is 40.4 Å². The van der Waals surface area contributed by atoms with Gasteiger partial charge in [-0.1, -0.05) is 13.8 Å². The van der Waals surface area contributed by atoms with Crippen molar-refractivity contribution in [2.45, 2.75) is 77.7 Å². The maximum Gasteiger partial charge on any atom is 0.222 e. The molecule has 2 saturated heterocycles. The van der Waals surface area contributed by atoms with Crippen LogP contribution in [0, 0.1) is 40.4 Å². The Bertz CT molecular complexity index is 665. The first-order valence-corrected chi connectivity index (χ1v) is 13.2. The molecule has 5 rings (SSSR count). The van der Waals surface area contributed by atoms with Crippen LogP contribution in [0.15, 0.2) is 0 Å². The number of piperidine rings is 1. The summed E-state index contributed by atoms with van der Waals surface area (Å²) in [4.78, 5) is 14.6. The summed E-state index contributed by atoms with van der Waals surface area (Å²) in [7, 11) is 0. The maximum atomic E-state index is 12.6. The third-order valence-corrected chi connectivity index (χ3v) is 10.8. The normalized spacial score (nSPS) is 47.4. The van der Waals surface area contributed by atoms with E-state index in [0.29, 0.717) is 60.0 Å². The van der Waals surface area contributed by atoms with Crippen molar-refractivity contribution < 1.29 is 14.6 Å². The second-order valence-corrected chi connectivity index (χ2v) is 12.0. The summed E-state index contributed by atoms with van der Waals surface area (Å²) in [5.41, 5.74) is 0.777. The molecule has 0 bridgehead atoms. The van der Waals surface area contributed by atoms with Crippen molar-refractivity contribution >= 4 is 5.91 Å². The van der Waals surface area contributed by atoms with Crippen LogP contribution in [-0.2, 0) is 9.53 Å². The number of aliphatic hydroxyl groups excluding tert-OH is 1. The molecular weight excluding hydrogens is 388 g/mol. The van der Waals surface area contributed by atoms with Crippen LogP contribution in [-0.4, -0.2) is 61.4 Å². The number of hydrogen-bond acceptors (Lipinski definition) is 4. The average Bonchev–Trinajstić information content (AvgIpc) is 3.11. The van der Waals surface area contributed by atoms with Gasteiger partial charge >= 0.3 is 0 Å². The van der Waals surface area contributed by atoms with Crippen molar-refractivity contribution in [2.75, 3.05) is 39.4 Å². The molecule has 0 aromatic rings. The molecule has 31 heavy (non-hydrogen) atoms. The Morgan fingerprint density at radius 1 is 1.10 bits per heavy atom. The maximum absolute atomic E-state index is 12.6. The second-order valence-electron chi connectivity index (χ2n) is 12.0. The minimum atomic E-state index is -0.116. The first-order chi connectivity index (χ1) is 14.9. The van der Waals surface area contributed by atoms with Gasteiger partial charge in [0.25, 0.3) is 0 Å². The summed E-state index contributed by atoms with van der Waals surface area (Å²) in [6, 6.07) is 0. The molecule has 5 aliphatic rings. The van der Waals surface area contributed by atoms with Gasteiger partial charge in [-0.3, -0.25) is 4.79 Å². The van der Waals surface area contributed by atoms with Crippen LogP contribution in [0.2, 0.25) is 0 Å². The standard InChI is InChI=1S/C26H44N2O3/c1-25-9-8-21-24(22(29)16-19-17-27-11-10-26(19,21)2)20(25)7-6-18(25)4-3-5-23(30)28-12-14-31-15-13-28/h18-22,24,27,29H,3-17H2,1-2H3. The molecule has 2 aliphatic heterocycles. The molecule has 1 amide bonds. The minimum absolute atomic E-state index is 0.116. The molecule has 3 aliphatic carbocycles. The summed E-state index contributed by atoms with van der Waals surface area (Å²) in [6.45, 7) is 10.2. The Kier molecular flexibility index (Phi) is 6.15. The minimum Gasteiger partial charge on any atom is -0.393 e. The Balaban J connectivity index is 1.22. The van der Waals surface area contributed by atoms with E-state index in [0.717, 1.165) is 44.9 Å². The quantitative estimate of drug-likeness (QED) is 0.714. The van der Waals surface area contributed by atoms with Gasteiger partial charge in [0.1, 0.15) is 0 Å². The number of carbonyl (C=O) groups is 1. The van der Waals surface area contributed by atoms with Crippen LogP contribution in [0.1, 0.15) is 71.6 Å². The Labute approximate surface area is 188 Å². The molecule has 5 nitrogen and oxygen atoms in total. The van der Waals surface area contributed by atoms with Gasteiger partial charge in [-0.15, -0.1) is 0 Å². The number of carbonyl (C=O) groups excluding carboxylic acids is 1. The highest BCUT2D eigenvalue weighted by molar-refractivity contribution is 5.76. The number of hydrogen-bond donors (Lipinski definition) is 2. The number of nitrogens with one attached hydrogen (secondary N) is 1. The predicted octanol–water partition coefficient (Wildman–Crippen LogP) is 3.45. The zero-order valence-electron chi connectivity index (χ0n) is 19.8. The fraction of sp³-hybridized carbons (Fsp3) is 0.962. The van der Waals surface area contributed by atoms with Gasteiger partial charge in [0.15, 0.2) is 0 Å². The average molecular weight is 433 g/mol. The summed E-state index contributed by atoms with van der Waals surface area (Å²) < 4.78 is 5.38. The molecule has 8 unspecified atom stereocenters. The van der Waals surface area contributed by atoms with Gasteiger partial charge in [-0.25, -0.2) is 0 Å². The van der Waals surface area contributed by atoms with Gasteiger partial charge in [-0.2, -0.15) is 0 Å². The molecule has 8 atom stereocenters. The number of aliphatic hydroxyl groups is 1. The van der Waals surface area contributed by atoms with E-state index in [9.17, 15) is 9.90 Å². The van der Waals surface area contributed by atoms with E-state index < -0.39 is 0 Å². The monoisotopic (exact) mass is 432 g/mol. The van der Waals surface area contributed by atoms with Crippen LogP contribution < -0.4 is 5.32 Å². The predicted molar refractivity (Wildman–Crippen MR) is 121 cm³/mol. The Morgan fingerprint density at radius 3 is 2.68 bits per heavy atom.